The summed E-state index contributed by atoms with van der Waals surface area (Å²) in [4.78, 5) is 50.3. The number of amides is 5. The van der Waals surface area contributed by atoms with Crippen molar-refractivity contribution in [2.75, 3.05) is 6.54 Å². The molecule has 5 amide bonds. The van der Waals surface area contributed by atoms with E-state index in [0.717, 1.165) is 28.2 Å². The molecule has 1 aromatic rings. The molecule has 2 fully saturated rings. The van der Waals surface area contributed by atoms with Crippen LogP contribution in [-0.4, -0.2) is 46.1 Å². The van der Waals surface area contributed by atoms with Gasteiger partial charge in [-0.2, -0.15) is 0 Å². The molecule has 0 radical (unpaired) electrons. The van der Waals surface area contributed by atoms with Gasteiger partial charge in [-0.15, -0.1) is 0 Å². The number of nitrogens with one attached hydrogen (secondary N) is 1. The van der Waals surface area contributed by atoms with Gasteiger partial charge in [0.15, 0.2) is 0 Å². The van der Waals surface area contributed by atoms with Gasteiger partial charge in [0.25, 0.3) is 0 Å². The lowest BCUT2D eigenvalue weighted by molar-refractivity contribution is -0.144. The molecule has 0 atom stereocenters. The largest absolute Gasteiger partial charge is 0.350 e. The monoisotopic (exact) mass is 363 g/mol. The molecule has 2 aliphatic rings. The van der Waals surface area contributed by atoms with Crippen molar-refractivity contribution >= 4 is 35.4 Å². The van der Waals surface area contributed by atoms with Crippen molar-refractivity contribution < 1.29 is 19.2 Å². The van der Waals surface area contributed by atoms with Crippen molar-refractivity contribution in [1.29, 1.82) is 0 Å². The third-order valence-electron chi connectivity index (χ3n) is 4.48. The molecule has 0 spiro atoms. The third kappa shape index (κ3) is 3.66. The van der Waals surface area contributed by atoms with E-state index in [-0.39, 0.29) is 12.6 Å². The molecular weight excluding hydrogens is 346 g/mol. The summed E-state index contributed by atoms with van der Waals surface area (Å²) >= 11 is 5.80. The fraction of sp³-hybridized carbons (Fsp3) is 0.412. The molecule has 8 heteroatoms. The Morgan fingerprint density at radius 2 is 1.72 bits per heavy atom. The molecule has 1 aliphatic heterocycles. The van der Waals surface area contributed by atoms with Crippen LogP contribution in [0.25, 0.3) is 0 Å². The van der Waals surface area contributed by atoms with Gasteiger partial charge < -0.3 is 5.32 Å². The number of urea groups is 1. The third-order valence-corrected chi connectivity index (χ3v) is 4.73. The highest BCUT2D eigenvalue weighted by Crippen LogP contribution is 2.27. The maximum Gasteiger partial charge on any atom is 0.334 e. The van der Waals surface area contributed by atoms with E-state index in [0.29, 0.717) is 17.9 Å². The Morgan fingerprint density at radius 3 is 2.36 bits per heavy atom. The van der Waals surface area contributed by atoms with Gasteiger partial charge in [0, 0.05) is 17.6 Å². The molecule has 1 heterocycles. The number of halogens is 1. The summed E-state index contributed by atoms with van der Waals surface area (Å²) in [6, 6.07) is 6.01. The zero-order valence-electron chi connectivity index (χ0n) is 13.5. The summed E-state index contributed by atoms with van der Waals surface area (Å²) in [6.45, 7) is -0.216. The van der Waals surface area contributed by atoms with E-state index in [9.17, 15) is 19.2 Å². The Bertz CT molecular complexity index is 713. The summed E-state index contributed by atoms with van der Waals surface area (Å²) in [5.41, 5.74) is 0.834. The molecule has 1 aromatic carbocycles. The minimum absolute atomic E-state index is 0.230. The maximum absolute atomic E-state index is 12.4. The Morgan fingerprint density at radius 1 is 1.08 bits per heavy atom. The molecule has 0 aromatic heterocycles. The molecule has 132 valence electrons. The van der Waals surface area contributed by atoms with E-state index in [4.69, 9.17) is 11.6 Å². The Labute approximate surface area is 149 Å². The number of carbonyl (C=O) groups is 4. The van der Waals surface area contributed by atoms with E-state index in [1.807, 2.05) is 0 Å². The van der Waals surface area contributed by atoms with Crippen LogP contribution in [0.2, 0.25) is 5.02 Å². The molecule has 0 bridgehead atoms. The zero-order chi connectivity index (χ0) is 18.0. The number of nitrogens with zero attached hydrogens (tertiary/aromatic N) is 2. The molecule has 7 nitrogen and oxygen atoms in total. The standard InChI is InChI=1S/C17H18ClN3O4/c18-12-7-5-11(6-8-12)9-19-14(22)10-20-15(23)16(24)21(17(20)25)13-3-1-2-4-13/h5-8,13H,1-4,9-10H2,(H,19,22). The second-order valence-electron chi connectivity index (χ2n) is 6.19. The number of hydrogen-bond donors (Lipinski definition) is 1. The molecule has 0 unspecified atom stereocenters. The number of imide groups is 2. The molecule has 1 saturated carbocycles. The first-order chi connectivity index (χ1) is 12.0. The van der Waals surface area contributed by atoms with Crippen LogP contribution >= 0.6 is 11.6 Å². The van der Waals surface area contributed by atoms with E-state index in [2.05, 4.69) is 5.32 Å². The minimum atomic E-state index is -0.932. The van der Waals surface area contributed by atoms with Gasteiger partial charge >= 0.3 is 17.8 Å². The van der Waals surface area contributed by atoms with Crippen LogP contribution in [0.5, 0.6) is 0 Å². The quantitative estimate of drug-likeness (QED) is 0.637. The molecule has 1 saturated heterocycles. The van der Waals surface area contributed by atoms with Crippen molar-refractivity contribution in [2.24, 2.45) is 0 Å². The number of benzene rings is 1. The Hall–Kier alpha value is -2.41. The topological polar surface area (TPSA) is 86.8 Å². The highest BCUT2D eigenvalue weighted by molar-refractivity contribution is 6.45. The second-order valence-corrected chi connectivity index (χ2v) is 6.63. The van der Waals surface area contributed by atoms with Crippen LogP contribution in [-0.2, 0) is 20.9 Å². The van der Waals surface area contributed by atoms with Crippen molar-refractivity contribution in [3.8, 4) is 0 Å². The summed E-state index contributed by atoms with van der Waals surface area (Å²) in [5, 5.41) is 3.22. The van der Waals surface area contributed by atoms with Crippen molar-refractivity contribution in [1.82, 2.24) is 15.1 Å². The molecular formula is C17H18ClN3O4. The fourth-order valence-corrected chi connectivity index (χ4v) is 3.27. The van der Waals surface area contributed by atoms with Crippen LogP contribution in [0.15, 0.2) is 24.3 Å². The number of rotatable bonds is 5. The molecule has 1 N–H and O–H groups in total. The predicted octanol–water partition coefficient (Wildman–Crippen LogP) is 1.69. The summed E-state index contributed by atoms with van der Waals surface area (Å²) < 4.78 is 0. The van der Waals surface area contributed by atoms with E-state index >= 15 is 0 Å². The maximum atomic E-state index is 12.4. The van der Waals surface area contributed by atoms with Gasteiger partial charge in [-0.1, -0.05) is 36.6 Å². The SMILES string of the molecule is O=C(CN1C(=O)C(=O)N(C2CCCC2)C1=O)NCc1ccc(Cl)cc1. The average Bonchev–Trinajstić information content (AvgIpc) is 3.18. The lowest BCUT2D eigenvalue weighted by Gasteiger charge is -2.20. The van der Waals surface area contributed by atoms with Gasteiger partial charge in [0.05, 0.1) is 0 Å². The first-order valence-electron chi connectivity index (χ1n) is 8.17. The smallest absolute Gasteiger partial charge is 0.334 e. The highest BCUT2D eigenvalue weighted by atomic mass is 35.5. The first kappa shape index (κ1) is 17.4. The number of carbonyl (C=O) groups excluding carboxylic acids is 4. The van der Waals surface area contributed by atoms with Crippen LogP contribution < -0.4 is 5.32 Å². The normalized spacial score (nSPS) is 18.4. The molecule has 1 aliphatic carbocycles. The lowest BCUT2D eigenvalue weighted by Crippen LogP contribution is -2.43. The molecule has 25 heavy (non-hydrogen) atoms. The second kappa shape index (κ2) is 7.23. The van der Waals surface area contributed by atoms with Crippen LogP contribution in [0.3, 0.4) is 0 Å². The lowest BCUT2D eigenvalue weighted by atomic mass is 10.2. The van der Waals surface area contributed by atoms with Gasteiger partial charge in [-0.05, 0) is 30.5 Å². The Balaban J connectivity index is 1.58. The van der Waals surface area contributed by atoms with Crippen molar-refractivity contribution in [2.45, 2.75) is 38.3 Å². The van der Waals surface area contributed by atoms with E-state index in [1.165, 1.54) is 0 Å². The van der Waals surface area contributed by atoms with E-state index in [1.54, 1.807) is 24.3 Å². The zero-order valence-corrected chi connectivity index (χ0v) is 14.3. The summed E-state index contributed by atoms with van der Waals surface area (Å²) in [6.07, 6.45) is 3.28. The average molecular weight is 364 g/mol. The number of hydrogen-bond acceptors (Lipinski definition) is 4. The van der Waals surface area contributed by atoms with Gasteiger partial charge in [-0.25, -0.2) is 9.69 Å². The fourth-order valence-electron chi connectivity index (χ4n) is 3.15. The van der Waals surface area contributed by atoms with Crippen LogP contribution in [0, 0.1) is 0 Å². The predicted molar refractivity (Wildman–Crippen MR) is 89.5 cm³/mol. The van der Waals surface area contributed by atoms with Crippen molar-refractivity contribution in [3.05, 3.63) is 34.9 Å². The van der Waals surface area contributed by atoms with Crippen molar-refractivity contribution in [3.63, 3.8) is 0 Å². The van der Waals surface area contributed by atoms with Gasteiger partial charge in [-0.3, -0.25) is 19.3 Å². The minimum Gasteiger partial charge on any atom is -0.350 e. The van der Waals surface area contributed by atoms with Gasteiger partial charge in [0.2, 0.25) is 5.91 Å². The van der Waals surface area contributed by atoms with Crippen LogP contribution in [0.4, 0.5) is 4.79 Å². The molecule has 3 rings (SSSR count). The summed E-state index contributed by atoms with van der Waals surface area (Å²) in [5.74, 6) is -2.27. The highest BCUT2D eigenvalue weighted by Gasteiger charge is 2.48. The summed E-state index contributed by atoms with van der Waals surface area (Å²) in [7, 11) is 0. The Kier molecular flexibility index (Phi) is 5.03. The van der Waals surface area contributed by atoms with E-state index < -0.39 is 30.3 Å². The first-order valence-corrected chi connectivity index (χ1v) is 8.55. The van der Waals surface area contributed by atoms with Gasteiger partial charge in [0.1, 0.15) is 6.54 Å². The van der Waals surface area contributed by atoms with Crippen LogP contribution in [0.1, 0.15) is 31.2 Å².